The predicted octanol–water partition coefficient (Wildman–Crippen LogP) is 1.52. The van der Waals surface area contributed by atoms with Gasteiger partial charge < -0.3 is 9.67 Å². The number of hydrogen-bond acceptors (Lipinski definition) is 2. The summed E-state index contributed by atoms with van der Waals surface area (Å²) in [5.74, 6) is -0.958. The standard InChI is InChI=1S/C13H11NO3/c15-11-6-8-14(9-7-11)12(13(16)17)10-4-2-1-3-5-10/h1-9,12H,(H,16,17)/t12-/m1/s1. The lowest BCUT2D eigenvalue weighted by Gasteiger charge is -2.16. The zero-order valence-corrected chi connectivity index (χ0v) is 8.98. The number of hydrogen-bond donors (Lipinski definition) is 1. The number of rotatable bonds is 3. The lowest BCUT2D eigenvalue weighted by molar-refractivity contribution is -0.139. The summed E-state index contributed by atoms with van der Waals surface area (Å²) in [6, 6.07) is 10.8. The van der Waals surface area contributed by atoms with E-state index in [-0.39, 0.29) is 5.43 Å². The van der Waals surface area contributed by atoms with Crippen LogP contribution in [0.25, 0.3) is 0 Å². The van der Waals surface area contributed by atoms with E-state index in [2.05, 4.69) is 0 Å². The van der Waals surface area contributed by atoms with Crippen LogP contribution in [-0.4, -0.2) is 15.6 Å². The monoisotopic (exact) mass is 229 g/mol. The van der Waals surface area contributed by atoms with E-state index in [0.29, 0.717) is 5.56 Å². The van der Waals surface area contributed by atoms with E-state index < -0.39 is 12.0 Å². The first kappa shape index (κ1) is 11.1. The Morgan fingerprint density at radius 2 is 1.65 bits per heavy atom. The summed E-state index contributed by atoms with van der Waals surface area (Å²) in [6.07, 6.45) is 2.96. The minimum absolute atomic E-state index is 0.140. The van der Waals surface area contributed by atoms with Crippen LogP contribution in [0.1, 0.15) is 11.6 Å². The van der Waals surface area contributed by atoms with Crippen molar-refractivity contribution in [3.63, 3.8) is 0 Å². The molecule has 17 heavy (non-hydrogen) atoms. The van der Waals surface area contributed by atoms with Crippen molar-refractivity contribution in [3.05, 3.63) is 70.6 Å². The van der Waals surface area contributed by atoms with Crippen molar-refractivity contribution >= 4 is 5.97 Å². The number of carboxylic acids is 1. The molecule has 1 N–H and O–H groups in total. The molecule has 4 nitrogen and oxygen atoms in total. The minimum Gasteiger partial charge on any atom is -0.479 e. The molecule has 0 aliphatic heterocycles. The summed E-state index contributed by atoms with van der Waals surface area (Å²) in [6.45, 7) is 0. The Morgan fingerprint density at radius 1 is 1.06 bits per heavy atom. The van der Waals surface area contributed by atoms with Gasteiger partial charge in [-0.3, -0.25) is 4.79 Å². The Labute approximate surface area is 97.8 Å². The molecule has 0 saturated carbocycles. The Balaban J connectivity index is 2.47. The van der Waals surface area contributed by atoms with Gasteiger partial charge in [0.1, 0.15) is 0 Å². The minimum atomic E-state index is -0.958. The molecule has 1 heterocycles. The molecule has 0 saturated heterocycles. The van der Waals surface area contributed by atoms with Crippen LogP contribution >= 0.6 is 0 Å². The van der Waals surface area contributed by atoms with Crippen LogP contribution in [-0.2, 0) is 4.79 Å². The zero-order valence-electron chi connectivity index (χ0n) is 8.98. The Bertz CT molecular complexity index is 554. The van der Waals surface area contributed by atoms with Crippen molar-refractivity contribution in [1.82, 2.24) is 4.57 Å². The molecular formula is C13H11NO3. The van der Waals surface area contributed by atoms with Crippen LogP contribution in [0.4, 0.5) is 0 Å². The fourth-order valence-electron chi connectivity index (χ4n) is 1.67. The average Bonchev–Trinajstić information content (AvgIpc) is 2.33. The molecule has 0 unspecified atom stereocenters. The molecule has 1 atom stereocenters. The normalized spacial score (nSPS) is 12.0. The molecule has 0 bridgehead atoms. The second-order valence-corrected chi connectivity index (χ2v) is 3.63. The summed E-state index contributed by atoms with van der Waals surface area (Å²) in [5, 5.41) is 9.25. The zero-order chi connectivity index (χ0) is 12.3. The first-order chi connectivity index (χ1) is 8.18. The van der Waals surface area contributed by atoms with Gasteiger partial charge in [0.05, 0.1) is 0 Å². The van der Waals surface area contributed by atoms with Crippen LogP contribution < -0.4 is 5.43 Å². The van der Waals surface area contributed by atoms with Crippen LogP contribution in [0.3, 0.4) is 0 Å². The number of carboxylic acid groups (broad SMARTS) is 1. The van der Waals surface area contributed by atoms with Gasteiger partial charge in [-0.25, -0.2) is 4.79 Å². The third kappa shape index (κ3) is 2.42. The van der Waals surface area contributed by atoms with Gasteiger partial charge in [0, 0.05) is 24.5 Å². The molecule has 2 aromatic rings. The number of benzene rings is 1. The molecule has 0 fully saturated rings. The van der Waals surface area contributed by atoms with Gasteiger partial charge in [0.2, 0.25) is 0 Å². The molecule has 0 spiro atoms. The number of carbonyl (C=O) groups is 1. The quantitative estimate of drug-likeness (QED) is 0.868. The fraction of sp³-hybridized carbons (Fsp3) is 0.0769. The van der Waals surface area contributed by atoms with E-state index in [1.807, 2.05) is 6.07 Å². The number of pyridine rings is 1. The first-order valence-corrected chi connectivity index (χ1v) is 5.14. The molecule has 0 radical (unpaired) electrons. The first-order valence-electron chi connectivity index (χ1n) is 5.14. The van der Waals surface area contributed by atoms with Crippen molar-refractivity contribution in [2.75, 3.05) is 0 Å². The van der Waals surface area contributed by atoms with Gasteiger partial charge in [0.25, 0.3) is 0 Å². The number of aliphatic carboxylic acids is 1. The van der Waals surface area contributed by atoms with E-state index >= 15 is 0 Å². The maximum Gasteiger partial charge on any atom is 0.331 e. The van der Waals surface area contributed by atoms with E-state index in [4.69, 9.17) is 0 Å². The van der Waals surface area contributed by atoms with Crippen molar-refractivity contribution in [2.24, 2.45) is 0 Å². The van der Waals surface area contributed by atoms with Crippen LogP contribution in [0.2, 0.25) is 0 Å². The van der Waals surface area contributed by atoms with Gasteiger partial charge in [0.15, 0.2) is 11.5 Å². The second kappa shape index (κ2) is 4.65. The highest BCUT2D eigenvalue weighted by atomic mass is 16.4. The Hall–Kier alpha value is -2.36. The van der Waals surface area contributed by atoms with Gasteiger partial charge in [-0.15, -0.1) is 0 Å². The smallest absolute Gasteiger partial charge is 0.331 e. The molecule has 86 valence electrons. The molecule has 2 rings (SSSR count). The summed E-state index contributed by atoms with van der Waals surface area (Å²) < 4.78 is 1.50. The second-order valence-electron chi connectivity index (χ2n) is 3.63. The van der Waals surface area contributed by atoms with Crippen LogP contribution in [0.15, 0.2) is 59.7 Å². The molecule has 0 aliphatic carbocycles. The Morgan fingerprint density at radius 3 is 2.18 bits per heavy atom. The van der Waals surface area contributed by atoms with Crippen LogP contribution in [0.5, 0.6) is 0 Å². The third-order valence-electron chi connectivity index (χ3n) is 2.47. The molecule has 4 heteroatoms. The highest BCUT2D eigenvalue weighted by Crippen LogP contribution is 2.17. The average molecular weight is 229 g/mol. The topological polar surface area (TPSA) is 59.3 Å². The lowest BCUT2D eigenvalue weighted by Crippen LogP contribution is -2.21. The van der Waals surface area contributed by atoms with Gasteiger partial charge in [-0.1, -0.05) is 30.3 Å². The highest BCUT2D eigenvalue weighted by Gasteiger charge is 2.20. The van der Waals surface area contributed by atoms with E-state index in [9.17, 15) is 14.7 Å². The Kier molecular flexibility index (Phi) is 3.05. The van der Waals surface area contributed by atoms with Crippen molar-refractivity contribution in [3.8, 4) is 0 Å². The number of nitrogens with zero attached hydrogens (tertiary/aromatic N) is 1. The number of aromatic nitrogens is 1. The fourth-order valence-corrected chi connectivity index (χ4v) is 1.67. The van der Waals surface area contributed by atoms with Crippen molar-refractivity contribution in [2.45, 2.75) is 6.04 Å². The third-order valence-corrected chi connectivity index (χ3v) is 2.47. The van der Waals surface area contributed by atoms with Gasteiger partial charge in [-0.05, 0) is 5.56 Å². The van der Waals surface area contributed by atoms with Crippen LogP contribution in [0, 0.1) is 0 Å². The van der Waals surface area contributed by atoms with E-state index in [1.54, 1.807) is 24.3 Å². The van der Waals surface area contributed by atoms with E-state index in [0.717, 1.165) is 0 Å². The highest BCUT2D eigenvalue weighted by molar-refractivity contribution is 5.76. The molecular weight excluding hydrogens is 218 g/mol. The van der Waals surface area contributed by atoms with Gasteiger partial charge in [-0.2, -0.15) is 0 Å². The molecule has 0 aliphatic rings. The maximum absolute atomic E-state index is 11.3. The SMILES string of the molecule is O=C(O)[C@@H](c1ccccc1)n1ccc(=O)cc1. The molecule has 1 aromatic carbocycles. The van der Waals surface area contributed by atoms with Gasteiger partial charge >= 0.3 is 5.97 Å². The maximum atomic E-state index is 11.3. The summed E-state index contributed by atoms with van der Waals surface area (Å²) >= 11 is 0. The van der Waals surface area contributed by atoms with Crippen molar-refractivity contribution < 1.29 is 9.90 Å². The molecule has 1 aromatic heterocycles. The summed E-state index contributed by atoms with van der Waals surface area (Å²) in [5.41, 5.74) is 0.530. The largest absolute Gasteiger partial charge is 0.479 e. The van der Waals surface area contributed by atoms with Crippen molar-refractivity contribution in [1.29, 1.82) is 0 Å². The lowest BCUT2D eigenvalue weighted by atomic mass is 10.1. The summed E-state index contributed by atoms with van der Waals surface area (Å²) in [7, 11) is 0. The predicted molar refractivity (Wildman–Crippen MR) is 62.9 cm³/mol. The molecule has 0 amide bonds. The summed E-state index contributed by atoms with van der Waals surface area (Å²) in [4.78, 5) is 22.3. The van der Waals surface area contributed by atoms with E-state index in [1.165, 1.54) is 29.1 Å².